The van der Waals surface area contributed by atoms with E-state index in [1.54, 1.807) is 0 Å². The lowest BCUT2D eigenvalue weighted by atomic mass is 9.96. The normalized spacial score (nSPS) is 12.4. The van der Waals surface area contributed by atoms with Gasteiger partial charge in [-0.1, -0.05) is 12.1 Å². The van der Waals surface area contributed by atoms with E-state index in [4.69, 9.17) is 5.11 Å². The second-order valence-electron chi connectivity index (χ2n) is 2.92. The summed E-state index contributed by atoms with van der Waals surface area (Å²) in [5.41, 5.74) is 0.301. The first-order chi connectivity index (χ1) is 6.65. The zero-order valence-electron chi connectivity index (χ0n) is 7.41. The Morgan fingerprint density at radius 3 is 2.71 bits per heavy atom. The molecule has 1 unspecified atom stereocenters. The van der Waals surface area contributed by atoms with Crippen LogP contribution in [0, 0.1) is 5.82 Å². The topological polar surface area (TPSA) is 37.3 Å². The van der Waals surface area contributed by atoms with E-state index < -0.39 is 24.4 Å². The molecular formula is C10H10F2O2. The molecule has 0 heterocycles. The first kappa shape index (κ1) is 10.6. The fourth-order valence-corrected chi connectivity index (χ4v) is 1.27. The highest BCUT2D eigenvalue weighted by Crippen LogP contribution is 2.20. The molecule has 0 amide bonds. The van der Waals surface area contributed by atoms with E-state index in [1.165, 1.54) is 18.2 Å². The van der Waals surface area contributed by atoms with Crippen molar-refractivity contribution in [2.75, 3.05) is 6.67 Å². The summed E-state index contributed by atoms with van der Waals surface area (Å²) >= 11 is 0. The summed E-state index contributed by atoms with van der Waals surface area (Å²) < 4.78 is 24.8. The number of carbonyl (C=O) groups is 1. The van der Waals surface area contributed by atoms with Crippen LogP contribution in [0.15, 0.2) is 24.3 Å². The summed E-state index contributed by atoms with van der Waals surface area (Å²) in [4.78, 5) is 10.7. The molecule has 76 valence electrons. The van der Waals surface area contributed by atoms with E-state index in [0.29, 0.717) is 5.56 Å². The predicted octanol–water partition coefficient (Wildman–Crippen LogP) is 2.35. The van der Waals surface area contributed by atoms with Crippen LogP contribution < -0.4 is 0 Å². The molecule has 0 bridgehead atoms. The van der Waals surface area contributed by atoms with Crippen molar-refractivity contribution in [3.8, 4) is 0 Å². The SMILES string of the molecule is O=C(O)C(CCF)c1cccc(F)c1. The third-order valence-corrected chi connectivity index (χ3v) is 1.95. The molecule has 1 aromatic carbocycles. The minimum absolute atomic E-state index is 0.126. The summed E-state index contributed by atoms with van der Waals surface area (Å²) in [7, 11) is 0. The highest BCUT2D eigenvalue weighted by Gasteiger charge is 2.19. The Balaban J connectivity index is 2.93. The standard InChI is InChI=1S/C10H10F2O2/c11-5-4-9(10(13)14)7-2-1-3-8(12)6-7/h1-3,6,9H,4-5H2,(H,13,14). The van der Waals surface area contributed by atoms with E-state index >= 15 is 0 Å². The number of benzene rings is 1. The number of carboxylic acid groups (broad SMARTS) is 1. The minimum Gasteiger partial charge on any atom is -0.481 e. The van der Waals surface area contributed by atoms with Gasteiger partial charge in [0.05, 0.1) is 12.6 Å². The molecule has 0 fully saturated rings. The van der Waals surface area contributed by atoms with Gasteiger partial charge in [0.1, 0.15) is 5.82 Å². The average molecular weight is 200 g/mol. The Labute approximate surface area is 80.2 Å². The number of hydrogen-bond acceptors (Lipinski definition) is 1. The zero-order valence-corrected chi connectivity index (χ0v) is 7.41. The fourth-order valence-electron chi connectivity index (χ4n) is 1.27. The van der Waals surface area contributed by atoms with Gasteiger partial charge in [-0.15, -0.1) is 0 Å². The maximum atomic E-state index is 12.7. The van der Waals surface area contributed by atoms with Crippen LogP contribution in [0.1, 0.15) is 17.9 Å². The van der Waals surface area contributed by atoms with Gasteiger partial charge in [-0.2, -0.15) is 0 Å². The van der Waals surface area contributed by atoms with Crippen molar-refractivity contribution in [1.29, 1.82) is 0 Å². The van der Waals surface area contributed by atoms with Crippen LogP contribution >= 0.6 is 0 Å². The Kier molecular flexibility index (Phi) is 3.56. The van der Waals surface area contributed by atoms with Gasteiger partial charge in [0.25, 0.3) is 0 Å². The summed E-state index contributed by atoms with van der Waals surface area (Å²) in [6, 6.07) is 5.24. The second kappa shape index (κ2) is 4.69. The molecule has 0 saturated heterocycles. The highest BCUT2D eigenvalue weighted by molar-refractivity contribution is 5.76. The summed E-state index contributed by atoms with van der Waals surface area (Å²) in [5, 5.41) is 8.76. The van der Waals surface area contributed by atoms with Crippen molar-refractivity contribution < 1.29 is 18.7 Å². The molecule has 0 spiro atoms. The highest BCUT2D eigenvalue weighted by atomic mass is 19.1. The van der Waals surface area contributed by atoms with Gasteiger partial charge in [-0.05, 0) is 24.1 Å². The second-order valence-corrected chi connectivity index (χ2v) is 2.92. The van der Waals surface area contributed by atoms with Gasteiger partial charge < -0.3 is 5.11 Å². The van der Waals surface area contributed by atoms with Crippen LogP contribution in [0.25, 0.3) is 0 Å². The van der Waals surface area contributed by atoms with Gasteiger partial charge in [0.15, 0.2) is 0 Å². The van der Waals surface area contributed by atoms with Crippen LogP contribution in [-0.4, -0.2) is 17.8 Å². The molecule has 2 nitrogen and oxygen atoms in total. The van der Waals surface area contributed by atoms with Gasteiger partial charge in [0, 0.05) is 0 Å². The van der Waals surface area contributed by atoms with Crippen molar-refractivity contribution in [3.63, 3.8) is 0 Å². The van der Waals surface area contributed by atoms with Gasteiger partial charge in [0.2, 0.25) is 0 Å². The Morgan fingerprint density at radius 2 is 2.21 bits per heavy atom. The number of halogens is 2. The molecule has 0 aliphatic rings. The Morgan fingerprint density at radius 1 is 1.50 bits per heavy atom. The lowest BCUT2D eigenvalue weighted by Gasteiger charge is -2.10. The smallest absolute Gasteiger partial charge is 0.311 e. The first-order valence-electron chi connectivity index (χ1n) is 4.19. The van der Waals surface area contributed by atoms with E-state index in [-0.39, 0.29) is 6.42 Å². The molecule has 1 atom stereocenters. The molecular weight excluding hydrogens is 190 g/mol. The summed E-state index contributed by atoms with van der Waals surface area (Å²) in [5.74, 6) is -2.60. The number of rotatable bonds is 4. The van der Waals surface area contributed by atoms with E-state index in [2.05, 4.69) is 0 Å². The molecule has 0 radical (unpaired) electrons. The van der Waals surface area contributed by atoms with Crippen LogP contribution in [0.2, 0.25) is 0 Å². The largest absolute Gasteiger partial charge is 0.481 e. The lowest BCUT2D eigenvalue weighted by molar-refractivity contribution is -0.139. The van der Waals surface area contributed by atoms with Gasteiger partial charge in [-0.3, -0.25) is 9.18 Å². The number of hydrogen-bond donors (Lipinski definition) is 1. The molecule has 0 aromatic heterocycles. The van der Waals surface area contributed by atoms with Crippen molar-refractivity contribution in [3.05, 3.63) is 35.6 Å². The maximum absolute atomic E-state index is 12.7. The molecule has 1 N–H and O–H groups in total. The van der Waals surface area contributed by atoms with E-state index in [9.17, 15) is 13.6 Å². The number of alkyl halides is 1. The van der Waals surface area contributed by atoms with E-state index in [0.717, 1.165) is 6.07 Å². The van der Waals surface area contributed by atoms with Gasteiger partial charge >= 0.3 is 5.97 Å². The van der Waals surface area contributed by atoms with Crippen LogP contribution in [0.4, 0.5) is 8.78 Å². The third kappa shape index (κ3) is 2.52. The van der Waals surface area contributed by atoms with Crippen LogP contribution in [-0.2, 0) is 4.79 Å². The molecule has 0 aliphatic carbocycles. The molecule has 0 aliphatic heterocycles. The Bertz CT molecular complexity index is 326. The zero-order chi connectivity index (χ0) is 10.6. The monoisotopic (exact) mass is 200 g/mol. The molecule has 14 heavy (non-hydrogen) atoms. The van der Waals surface area contributed by atoms with Crippen molar-refractivity contribution in [2.45, 2.75) is 12.3 Å². The van der Waals surface area contributed by atoms with Crippen molar-refractivity contribution in [1.82, 2.24) is 0 Å². The molecule has 1 aromatic rings. The third-order valence-electron chi connectivity index (χ3n) is 1.95. The lowest BCUT2D eigenvalue weighted by Crippen LogP contribution is -2.12. The number of aliphatic carboxylic acids is 1. The van der Waals surface area contributed by atoms with Gasteiger partial charge in [-0.25, -0.2) is 4.39 Å². The molecule has 0 saturated carbocycles. The quantitative estimate of drug-likeness (QED) is 0.810. The molecule has 4 heteroatoms. The fraction of sp³-hybridized carbons (Fsp3) is 0.300. The number of carboxylic acids is 1. The molecule has 1 rings (SSSR count). The summed E-state index contributed by atoms with van der Waals surface area (Å²) in [6.07, 6.45) is -0.126. The minimum atomic E-state index is -1.13. The van der Waals surface area contributed by atoms with Crippen molar-refractivity contribution in [2.24, 2.45) is 0 Å². The van der Waals surface area contributed by atoms with E-state index in [1.807, 2.05) is 0 Å². The first-order valence-corrected chi connectivity index (χ1v) is 4.19. The summed E-state index contributed by atoms with van der Waals surface area (Å²) in [6.45, 7) is -0.729. The van der Waals surface area contributed by atoms with Crippen LogP contribution in [0.5, 0.6) is 0 Å². The van der Waals surface area contributed by atoms with Crippen LogP contribution in [0.3, 0.4) is 0 Å². The predicted molar refractivity (Wildman–Crippen MR) is 47.4 cm³/mol. The average Bonchev–Trinajstić information content (AvgIpc) is 2.13. The maximum Gasteiger partial charge on any atom is 0.311 e. The van der Waals surface area contributed by atoms with Crippen molar-refractivity contribution >= 4 is 5.97 Å². The Hall–Kier alpha value is -1.45.